The highest BCUT2D eigenvalue weighted by molar-refractivity contribution is 7.09. The average Bonchev–Trinajstić information content (AvgIpc) is 2.64. The summed E-state index contributed by atoms with van der Waals surface area (Å²) in [4.78, 5) is 6.74. The molecule has 2 N–H and O–H groups in total. The van der Waals surface area contributed by atoms with E-state index in [-0.39, 0.29) is 5.54 Å². The molecule has 0 bridgehead atoms. The van der Waals surface area contributed by atoms with Crippen LogP contribution in [-0.4, -0.2) is 24.0 Å². The Morgan fingerprint density at radius 3 is 2.47 bits per heavy atom. The van der Waals surface area contributed by atoms with Gasteiger partial charge in [0.1, 0.15) is 5.01 Å². The fourth-order valence-corrected chi connectivity index (χ4v) is 2.51. The van der Waals surface area contributed by atoms with Crippen molar-refractivity contribution >= 4 is 11.3 Å². The minimum Gasteiger partial charge on any atom is -0.320 e. The SMILES string of the molecule is CCC(N)(CC)c1csc(CN(C)C)n1. The van der Waals surface area contributed by atoms with Crippen molar-refractivity contribution in [3.8, 4) is 0 Å². The summed E-state index contributed by atoms with van der Waals surface area (Å²) in [6.45, 7) is 5.14. The third-order valence-electron chi connectivity index (χ3n) is 2.78. The monoisotopic (exact) mass is 227 g/mol. The second-order valence-electron chi connectivity index (χ2n) is 4.23. The van der Waals surface area contributed by atoms with Gasteiger partial charge in [0.25, 0.3) is 0 Å². The van der Waals surface area contributed by atoms with E-state index in [2.05, 4.69) is 43.2 Å². The number of hydrogen-bond acceptors (Lipinski definition) is 4. The highest BCUT2D eigenvalue weighted by Crippen LogP contribution is 2.27. The molecule has 3 nitrogen and oxygen atoms in total. The molecular weight excluding hydrogens is 206 g/mol. The fraction of sp³-hybridized carbons (Fsp3) is 0.727. The molecular formula is C11H21N3S. The van der Waals surface area contributed by atoms with Gasteiger partial charge >= 0.3 is 0 Å². The van der Waals surface area contributed by atoms with Crippen LogP contribution in [0.2, 0.25) is 0 Å². The van der Waals surface area contributed by atoms with Gasteiger partial charge in [-0.25, -0.2) is 4.98 Å². The van der Waals surface area contributed by atoms with Crippen LogP contribution < -0.4 is 5.73 Å². The minimum atomic E-state index is -0.235. The first-order valence-corrected chi connectivity index (χ1v) is 6.28. The molecule has 4 heteroatoms. The third kappa shape index (κ3) is 3.00. The number of thiazole rings is 1. The Morgan fingerprint density at radius 2 is 2.00 bits per heavy atom. The lowest BCUT2D eigenvalue weighted by Gasteiger charge is -2.24. The van der Waals surface area contributed by atoms with Crippen molar-refractivity contribution < 1.29 is 0 Å². The van der Waals surface area contributed by atoms with Crippen molar-refractivity contribution in [2.45, 2.75) is 38.8 Å². The average molecular weight is 227 g/mol. The lowest BCUT2D eigenvalue weighted by molar-refractivity contribution is 0.387. The minimum absolute atomic E-state index is 0.235. The molecule has 1 rings (SSSR count). The molecule has 86 valence electrons. The lowest BCUT2D eigenvalue weighted by atomic mass is 9.91. The number of aromatic nitrogens is 1. The molecule has 0 aliphatic heterocycles. The number of nitrogens with zero attached hydrogens (tertiary/aromatic N) is 2. The highest BCUT2D eigenvalue weighted by Gasteiger charge is 2.25. The number of hydrogen-bond donors (Lipinski definition) is 1. The van der Waals surface area contributed by atoms with E-state index in [0.29, 0.717) is 0 Å². The molecule has 0 aliphatic carbocycles. The molecule has 0 spiro atoms. The van der Waals surface area contributed by atoms with Gasteiger partial charge in [-0.15, -0.1) is 11.3 Å². The maximum atomic E-state index is 6.29. The third-order valence-corrected chi connectivity index (χ3v) is 3.61. The molecule has 0 aliphatic rings. The summed E-state index contributed by atoms with van der Waals surface area (Å²) in [5.74, 6) is 0. The summed E-state index contributed by atoms with van der Waals surface area (Å²) in [5, 5.41) is 3.25. The van der Waals surface area contributed by atoms with E-state index in [4.69, 9.17) is 5.73 Å². The number of rotatable bonds is 5. The number of nitrogens with two attached hydrogens (primary N) is 1. The zero-order valence-corrected chi connectivity index (χ0v) is 10.9. The first kappa shape index (κ1) is 12.6. The van der Waals surface area contributed by atoms with Crippen molar-refractivity contribution in [3.05, 3.63) is 16.1 Å². The zero-order valence-electron chi connectivity index (χ0n) is 10.1. The van der Waals surface area contributed by atoms with Gasteiger partial charge in [0.2, 0.25) is 0 Å². The predicted molar refractivity (Wildman–Crippen MR) is 66.0 cm³/mol. The Balaban J connectivity index is 2.83. The molecule has 0 unspecified atom stereocenters. The molecule has 0 fully saturated rings. The largest absolute Gasteiger partial charge is 0.320 e. The molecule has 0 radical (unpaired) electrons. The maximum absolute atomic E-state index is 6.29. The summed E-state index contributed by atoms with van der Waals surface area (Å²) in [5.41, 5.74) is 7.11. The Bertz CT molecular complexity index is 303. The van der Waals surface area contributed by atoms with E-state index in [0.717, 1.165) is 30.1 Å². The first-order chi connectivity index (χ1) is 7.01. The molecule has 0 saturated heterocycles. The topological polar surface area (TPSA) is 42.1 Å². The van der Waals surface area contributed by atoms with Gasteiger partial charge < -0.3 is 10.6 Å². The van der Waals surface area contributed by atoms with Crippen LogP contribution in [-0.2, 0) is 12.1 Å². The summed E-state index contributed by atoms with van der Waals surface area (Å²) >= 11 is 1.70. The van der Waals surface area contributed by atoms with Gasteiger partial charge in [-0.3, -0.25) is 0 Å². The fourth-order valence-electron chi connectivity index (χ4n) is 1.49. The van der Waals surface area contributed by atoms with Crippen LogP contribution in [0, 0.1) is 0 Å². The summed E-state index contributed by atoms with van der Waals surface area (Å²) < 4.78 is 0. The van der Waals surface area contributed by atoms with E-state index >= 15 is 0 Å². The second-order valence-corrected chi connectivity index (χ2v) is 5.17. The van der Waals surface area contributed by atoms with Crippen molar-refractivity contribution in [2.24, 2.45) is 5.73 Å². The molecule has 0 aromatic carbocycles. The summed E-state index contributed by atoms with van der Waals surface area (Å²) in [6, 6.07) is 0. The van der Waals surface area contributed by atoms with Crippen molar-refractivity contribution in [1.29, 1.82) is 0 Å². The van der Waals surface area contributed by atoms with Gasteiger partial charge in [-0.1, -0.05) is 13.8 Å². The molecule has 1 aromatic heterocycles. The van der Waals surface area contributed by atoms with E-state index < -0.39 is 0 Å². The molecule has 0 amide bonds. The van der Waals surface area contributed by atoms with Gasteiger partial charge in [-0.2, -0.15) is 0 Å². The van der Waals surface area contributed by atoms with Gasteiger partial charge in [0.05, 0.1) is 11.2 Å². The van der Waals surface area contributed by atoms with Crippen LogP contribution in [0.25, 0.3) is 0 Å². The maximum Gasteiger partial charge on any atom is 0.107 e. The molecule has 0 atom stereocenters. The van der Waals surface area contributed by atoms with Gasteiger partial charge in [0, 0.05) is 11.9 Å². The zero-order chi connectivity index (χ0) is 11.5. The first-order valence-electron chi connectivity index (χ1n) is 5.40. The van der Waals surface area contributed by atoms with Crippen LogP contribution >= 0.6 is 11.3 Å². The van der Waals surface area contributed by atoms with Crippen LogP contribution in [0.5, 0.6) is 0 Å². The normalized spacial score (nSPS) is 12.4. The van der Waals surface area contributed by atoms with Crippen molar-refractivity contribution in [1.82, 2.24) is 9.88 Å². The van der Waals surface area contributed by atoms with E-state index in [1.807, 2.05) is 0 Å². The Hall–Kier alpha value is -0.450. The smallest absolute Gasteiger partial charge is 0.107 e. The second kappa shape index (κ2) is 5.05. The van der Waals surface area contributed by atoms with Crippen molar-refractivity contribution in [2.75, 3.05) is 14.1 Å². The Morgan fingerprint density at radius 1 is 1.40 bits per heavy atom. The predicted octanol–water partition coefficient (Wildman–Crippen LogP) is 2.18. The van der Waals surface area contributed by atoms with Crippen LogP contribution in [0.1, 0.15) is 37.4 Å². The molecule has 15 heavy (non-hydrogen) atoms. The van der Waals surface area contributed by atoms with Crippen LogP contribution in [0.15, 0.2) is 5.38 Å². The van der Waals surface area contributed by atoms with E-state index in [1.165, 1.54) is 0 Å². The van der Waals surface area contributed by atoms with E-state index in [1.54, 1.807) is 11.3 Å². The van der Waals surface area contributed by atoms with Gasteiger partial charge in [-0.05, 0) is 26.9 Å². The quantitative estimate of drug-likeness (QED) is 0.838. The molecule has 1 heterocycles. The highest BCUT2D eigenvalue weighted by atomic mass is 32.1. The Labute approximate surface area is 96.3 Å². The summed E-state index contributed by atoms with van der Waals surface area (Å²) in [6.07, 6.45) is 1.88. The van der Waals surface area contributed by atoms with Crippen LogP contribution in [0.3, 0.4) is 0 Å². The molecule has 0 saturated carbocycles. The van der Waals surface area contributed by atoms with Crippen molar-refractivity contribution in [3.63, 3.8) is 0 Å². The molecule has 1 aromatic rings. The standard InChI is InChI=1S/C11H21N3S/c1-5-11(12,6-2)9-8-15-10(13-9)7-14(3)4/h8H,5-7,12H2,1-4H3. The van der Waals surface area contributed by atoms with Gasteiger partial charge in [0.15, 0.2) is 0 Å². The summed E-state index contributed by atoms with van der Waals surface area (Å²) in [7, 11) is 4.10. The lowest BCUT2D eigenvalue weighted by Crippen LogP contribution is -2.35. The van der Waals surface area contributed by atoms with E-state index in [9.17, 15) is 0 Å². The van der Waals surface area contributed by atoms with Crippen LogP contribution in [0.4, 0.5) is 0 Å². The Kier molecular flexibility index (Phi) is 4.25.